The summed E-state index contributed by atoms with van der Waals surface area (Å²) in [6.45, 7) is 5.25. The quantitative estimate of drug-likeness (QED) is 0.713. The molecule has 3 rings (SSSR count). The maximum atomic E-state index is 11.6. The Labute approximate surface area is 152 Å². The standard InChI is InChI=1S/C17H19N5O3S/c1-4-26(23,24)21-14-5-7-15(8-6-14)25-17-11-16(19-12(2)20-17)22-10-9-18-13(22)3/h5-11,21H,4H2,1-3H3. The number of aromatic nitrogens is 4. The minimum atomic E-state index is -3.30. The van der Waals surface area contributed by atoms with Crippen LogP contribution >= 0.6 is 0 Å². The van der Waals surface area contributed by atoms with Gasteiger partial charge in [0.05, 0.1) is 5.75 Å². The first-order valence-corrected chi connectivity index (χ1v) is 9.66. The average Bonchev–Trinajstić information content (AvgIpc) is 3.02. The van der Waals surface area contributed by atoms with E-state index in [9.17, 15) is 8.42 Å². The van der Waals surface area contributed by atoms with Gasteiger partial charge in [-0.05, 0) is 45.0 Å². The second-order valence-corrected chi connectivity index (χ2v) is 7.60. The van der Waals surface area contributed by atoms with Crippen molar-refractivity contribution in [2.75, 3.05) is 10.5 Å². The average molecular weight is 373 g/mol. The first-order chi connectivity index (χ1) is 12.4. The highest BCUT2D eigenvalue weighted by atomic mass is 32.2. The predicted molar refractivity (Wildman–Crippen MR) is 98.2 cm³/mol. The minimum Gasteiger partial charge on any atom is -0.439 e. The predicted octanol–water partition coefficient (Wildman–Crippen LogP) is 2.83. The van der Waals surface area contributed by atoms with Gasteiger partial charge in [-0.3, -0.25) is 9.29 Å². The molecule has 0 spiro atoms. The highest BCUT2D eigenvalue weighted by Gasteiger charge is 2.09. The van der Waals surface area contributed by atoms with Crippen molar-refractivity contribution in [3.8, 4) is 17.4 Å². The van der Waals surface area contributed by atoms with Crippen LogP contribution < -0.4 is 9.46 Å². The zero-order valence-corrected chi connectivity index (χ0v) is 15.5. The third-order valence-electron chi connectivity index (χ3n) is 3.60. The lowest BCUT2D eigenvalue weighted by molar-refractivity contribution is 0.459. The molecule has 0 amide bonds. The third kappa shape index (κ3) is 4.17. The van der Waals surface area contributed by atoms with Gasteiger partial charge in [-0.2, -0.15) is 4.98 Å². The monoisotopic (exact) mass is 373 g/mol. The second kappa shape index (κ2) is 7.12. The van der Waals surface area contributed by atoms with Crippen LogP contribution in [0.3, 0.4) is 0 Å². The molecule has 1 aromatic carbocycles. The third-order valence-corrected chi connectivity index (χ3v) is 4.91. The molecular weight excluding hydrogens is 354 g/mol. The smallest absolute Gasteiger partial charge is 0.232 e. The van der Waals surface area contributed by atoms with Crippen molar-refractivity contribution in [2.24, 2.45) is 0 Å². The molecule has 0 aliphatic rings. The van der Waals surface area contributed by atoms with Crippen molar-refractivity contribution in [1.29, 1.82) is 0 Å². The summed E-state index contributed by atoms with van der Waals surface area (Å²) in [5.74, 6) is 2.98. The molecule has 9 heteroatoms. The summed E-state index contributed by atoms with van der Waals surface area (Å²) in [6, 6.07) is 8.34. The summed E-state index contributed by atoms with van der Waals surface area (Å²) < 4.78 is 33.3. The van der Waals surface area contributed by atoms with Gasteiger partial charge in [0, 0.05) is 24.1 Å². The number of nitrogens with one attached hydrogen (secondary N) is 1. The van der Waals surface area contributed by atoms with Crippen LogP contribution in [0.2, 0.25) is 0 Å². The van der Waals surface area contributed by atoms with Gasteiger partial charge in [-0.25, -0.2) is 18.4 Å². The van der Waals surface area contributed by atoms with E-state index in [4.69, 9.17) is 4.74 Å². The Hall–Kier alpha value is -2.94. The Bertz CT molecular complexity index is 1010. The largest absolute Gasteiger partial charge is 0.439 e. The van der Waals surface area contributed by atoms with Crippen molar-refractivity contribution in [3.63, 3.8) is 0 Å². The van der Waals surface area contributed by atoms with E-state index in [0.717, 1.165) is 5.82 Å². The number of hydrogen-bond donors (Lipinski definition) is 1. The minimum absolute atomic E-state index is 0.0158. The molecule has 2 aromatic heterocycles. The lowest BCUT2D eigenvalue weighted by Crippen LogP contribution is -2.14. The lowest BCUT2D eigenvalue weighted by Gasteiger charge is -2.10. The zero-order chi connectivity index (χ0) is 18.7. The highest BCUT2D eigenvalue weighted by molar-refractivity contribution is 7.92. The topological polar surface area (TPSA) is 99.0 Å². The van der Waals surface area contributed by atoms with Crippen molar-refractivity contribution < 1.29 is 13.2 Å². The van der Waals surface area contributed by atoms with Crippen molar-refractivity contribution >= 4 is 15.7 Å². The Kier molecular flexibility index (Phi) is 4.90. The van der Waals surface area contributed by atoms with Crippen molar-refractivity contribution in [2.45, 2.75) is 20.8 Å². The first-order valence-electron chi connectivity index (χ1n) is 8.01. The molecule has 0 atom stereocenters. The lowest BCUT2D eigenvalue weighted by atomic mass is 10.3. The number of imidazole rings is 1. The van der Waals surface area contributed by atoms with Crippen LogP contribution in [0, 0.1) is 13.8 Å². The van der Waals surface area contributed by atoms with Gasteiger partial charge < -0.3 is 4.74 Å². The van der Waals surface area contributed by atoms with Gasteiger partial charge in [-0.1, -0.05) is 0 Å². The van der Waals surface area contributed by atoms with Crippen molar-refractivity contribution in [3.05, 3.63) is 54.4 Å². The van der Waals surface area contributed by atoms with Crippen LogP contribution in [0.1, 0.15) is 18.6 Å². The van der Waals surface area contributed by atoms with Gasteiger partial charge in [0.15, 0.2) is 0 Å². The molecule has 0 saturated heterocycles. The van der Waals surface area contributed by atoms with Gasteiger partial charge in [0.2, 0.25) is 15.9 Å². The number of anilines is 1. The fourth-order valence-electron chi connectivity index (χ4n) is 2.28. The summed E-state index contributed by atoms with van der Waals surface area (Å²) in [5.41, 5.74) is 0.479. The molecule has 136 valence electrons. The molecule has 0 aliphatic heterocycles. The van der Waals surface area contributed by atoms with Crippen LogP contribution in [0.15, 0.2) is 42.7 Å². The molecule has 0 saturated carbocycles. The molecule has 0 radical (unpaired) electrons. The molecular formula is C17H19N5O3S. The number of benzene rings is 1. The van der Waals surface area contributed by atoms with E-state index in [1.165, 1.54) is 0 Å². The second-order valence-electron chi connectivity index (χ2n) is 5.59. The Morgan fingerprint density at radius 1 is 1.15 bits per heavy atom. The highest BCUT2D eigenvalue weighted by Crippen LogP contribution is 2.23. The summed E-state index contributed by atoms with van der Waals surface area (Å²) in [5, 5.41) is 0. The van der Waals surface area contributed by atoms with Crippen LogP contribution in [-0.2, 0) is 10.0 Å². The molecule has 8 nitrogen and oxygen atoms in total. The summed E-state index contributed by atoms with van der Waals surface area (Å²) in [7, 11) is -3.30. The molecule has 0 bridgehead atoms. The van der Waals surface area contributed by atoms with Crippen LogP contribution in [0.5, 0.6) is 11.6 Å². The molecule has 3 aromatic rings. The van der Waals surface area contributed by atoms with E-state index in [1.807, 2.05) is 17.7 Å². The van der Waals surface area contributed by atoms with Crippen molar-refractivity contribution in [1.82, 2.24) is 19.5 Å². The molecule has 1 N–H and O–H groups in total. The van der Waals surface area contributed by atoms with E-state index in [0.29, 0.717) is 29.0 Å². The van der Waals surface area contributed by atoms with Crippen LogP contribution in [-0.4, -0.2) is 33.7 Å². The Morgan fingerprint density at radius 3 is 2.50 bits per heavy atom. The van der Waals surface area contributed by atoms with Gasteiger partial charge in [0.25, 0.3) is 0 Å². The Morgan fingerprint density at radius 2 is 1.88 bits per heavy atom. The summed E-state index contributed by atoms with van der Waals surface area (Å²) in [4.78, 5) is 12.9. The summed E-state index contributed by atoms with van der Waals surface area (Å²) >= 11 is 0. The number of hydrogen-bond acceptors (Lipinski definition) is 6. The fraction of sp³-hybridized carbons (Fsp3) is 0.235. The molecule has 0 fully saturated rings. The normalized spacial score (nSPS) is 11.3. The SMILES string of the molecule is CCS(=O)(=O)Nc1ccc(Oc2cc(-n3ccnc3C)nc(C)n2)cc1. The zero-order valence-electron chi connectivity index (χ0n) is 14.7. The molecule has 26 heavy (non-hydrogen) atoms. The van der Waals surface area contributed by atoms with Gasteiger partial charge >= 0.3 is 0 Å². The maximum absolute atomic E-state index is 11.6. The number of rotatable bonds is 6. The molecule has 0 aliphatic carbocycles. The van der Waals surface area contributed by atoms with E-state index in [1.54, 1.807) is 50.4 Å². The van der Waals surface area contributed by atoms with Crippen LogP contribution in [0.4, 0.5) is 5.69 Å². The first kappa shape index (κ1) is 17.9. The molecule has 0 unspecified atom stereocenters. The van der Waals surface area contributed by atoms with E-state index >= 15 is 0 Å². The van der Waals surface area contributed by atoms with Gasteiger partial charge in [0.1, 0.15) is 23.2 Å². The number of ether oxygens (including phenoxy) is 1. The van der Waals surface area contributed by atoms with E-state index in [-0.39, 0.29) is 5.75 Å². The maximum Gasteiger partial charge on any atom is 0.232 e. The van der Waals surface area contributed by atoms with E-state index < -0.39 is 10.0 Å². The fourth-order valence-corrected chi connectivity index (χ4v) is 2.92. The van der Waals surface area contributed by atoms with Crippen LogP contribution in [0.25, 0.3) is 5.82 Å². The van der Waals surface area contributed by atoms with Gasteiger partial charge in [-0.15, -0.1) is 0 Å². The molecule has 2 heterocycles. The number of aryl methyl sites for hydroxylation is 2. The number of nitrogens with zero attached hydrogens (tertiary/aromatic N) is 4. The van der Waals surface area contributed by atoms with E-state index in [2.05, 4.69) is 19.7 Å². The number of sulfonamides is 1. The summed E-state index contributed by atoms with van der Waals surface area (Å²) in [6.07, 6.45) is 3.51. The Balaban J connectivity index is 1.81.